The van der Waals surface area contributed by atoms with Gasteiger partial charge in [0.15, 0.2) is 0 Å². The SMILES string of the molecule is CN(CCNCC1CCOC1)C1CCCCCC1. The van der Waals surface area contributed by atoms with E-state index in [0.717, 1.165) is 38.3 Å². The predicted octanol–water partition coefficient (Wildman–Crippen LogP) is 2.27. The fourth-order valence-electron chi connectivity index (χ4n) is 3.19. The van der Waals surface area contributed by atoms with Crippen molar-refractivity contribution in [1.82, 2.24) is 10.2 Å². The number of likely N-dealkylation sites (N-methyl/N-ethyl adjacent to an activating group) is 1. The molecule has 1 unspecified atom stereocenters. The highest BCUT2D eigenvalue weighted by Crippen LogP contribution is 2.20. The van der Waals surface area contributed by atoms with E-state index in [1.807, 2.05) is 0 Å². The molecule has 0 amide bonds. The molecule has 1 atom stereocenters. The van der Waals surface area contributed by atoms with Crippen molar-refractivity contribution in [3.63, 3.8) is 0 Å². The average molecular weight is 254 g/mol. The lowest BCUT2D eigenvalue weighted by Crippen LogP contribution is -2.37. The smallest absolute Gasteiger partial charge is 0.0507 e. The van der Waals surface area contributed by atoms with E-state index in [-0.39, 0.29) is 0 Å². The number of nitrogens with zero attached hydrogens (tertiary/aromatic N) is 1. The van der Waals surface area contributed by atoms with Crippen LogP contribution in [0.2, 0.25) is 0 Å². The van der Waals surface area contributed by atoms with Gasteiger partial charge in [-0.2, -0.15) is 0 Å². The Labute approximate surface area is 112 Å². The van der Waals surface area contributed by atoms with Gasteiger partial charge in [0.1, 0.15) is 0 Å². The zero-order chi connectivity index (χ0) is 12.6. The molecule has 0 spiro atoms. The number of ether oxygens (including phenoxy) is 1. The van der Waals surface area contributed by atoms with Crippen LogP contribution in [0.3, 0.4) is 0 Å². The lowest BCUT2D eigenvalue weighted by atomic mass is 10.1. The van der Waals surface area contributed by atoms with Crippen LogP contribution in [0.15, 0.2) is 0 Å². The molecule has 2 fully saturated rings. The van der Waals surface area contributed by atoms with Gasteiger partial charge in [0.2, 0.25) is 0 Å². The van der Waals surface area contributed by atoms with E-state index in [4.69, 9.17) is 4.74 Å². The van der Waals surface area contributed by atoms with Crippen LogP contribution in [0.4, 0.5) is 0 Å². The predicted molar refractivity (Wildman–Crippen MR) is 75.9 cm³/mol. The van der Waals surface area contributed by atoms with E-state index >= 15 is 0 Å². The zero-order valence-electron chi connectivity index (χ0n) is 12.0. The van der Waals surface area contributed by atoms with Crippen molar-refractivity contribution < 1.29 is 4.74 Å². The van der Waals surface area contributed by atoms with E-state index in [0.29, 0.717) is 0 Å². The first kappa shape index (κ1) is 14.3. The molecule has 0 radical (unpaired) electrons. The summed E-state index contributed by atoms with van der Waals surface area (Å²) in [5.74, 6) is 0.758. The first-order chi connectivity index (χ1) is 8.86. The van der Waals surface area contributed by atoms with Gasteiger partial charge in [-0.3, -0.25) is 0 Å². The van der Waals surface area contributed by atoms with Gasteiger partial charge in [0.05, 0.1) is 6.61 Å². The minimum atomic E-state index is 0.758. The van der Waals surface area contributed by atoms with Crippen LogP contribution in [0.1, 0.15) is 44.9 Å². The van der Waals surface area contributed by atoms with E-state index < -0.39 is 0 Å². The first-order valence-electron chi connectivity index (χ1n) is 7.85. The number of hydrogen-bond acceptors (Lipinski definition) is 3. The summed E-state index contributed by atoms with van der Waals surface area (Å²) in [6.45, 7) is 5.39. The third-order valence-electron chi connectivity index (χ3n) is 4.55. The molecule has 0 bridgehead atoms. The third kappa shape index (κ3) is 4.87. The minimum absolute atomic E-state index is 0.758. The Morgan fingerprint density at radius 2 is 1.89 bits per heavy atom. The van der Waals surface area contributed by atoms with Crippen molar-refractivity contribution in [3.05, 3.63) is 0 Å². The molecular weight excluding hydrogens is 224 g/mol. The molecule has 1 saturated carbocycles. The maximum atomic E-state index is 5.39. The van der Waals surface area contributed by atoms with Crippen LogP contribution in [-0.4, -0.2) is 50.8 Å². The van der Waals surface area contributed by atoms with E-state index in [9.17, 15) is 0 Å². The highest BCUT2D eigenvalue weighted by Gasteiger charge is 2.17. The molecule has 1 saturated heterocycles. The van der Waals surface area contributed by atoms with Gasteiger partial charge in [-0.05, 0) is 32.2 Å². The van der Waals surface area contributed by atoms with Crippen LogP contribution in [0, 0.1) is 5.92 Å². The van der Waals surface area contributed by atoms with Crippen LogP contribution in [-0.2, 0) is 4.74 Å². The first-order valence-corrected chi connectivity index (χ1v) is 7.85. The fourth-order valence-corrected chi connectivity index (χ4v) is 3.19. The highest BCUT2D eigenvalue weighted by atomic mass is 16.5. The topological polar surface area (TPSA) is 24.5 Å². The summed E-state index contributed by atoms with van der Waals surface area (Å²) in [6.07, 6.45) is 9.82. The molecule has 0 aromatic carbocycles. The molecule has 0 aromatic heterocycles. The molecule has 3 heteroatoms. The Morgan fingerprint density at radius 3 is 2.56 bits per heavy atom. The van der Waals surface area contributed by atoms with Crippen molar-refractivity contribution in [2.24, 2.45) is 5.92 Å². The zero-order valence-corrected chi connectivity index (χ0v) is 12.0. The summed E-state index contributed by atoms with van der Waals surface area (Å²) in [7, 11) is 2.30. The Balaban J connectivity index is 1.54. The average Bonchev–Trinajstić information content (AvgIpc) is 2.74. The van der Waals surface area contributed by atoms with E-state index in [1.165, 1.54) is 51.5 Å². The van der Waals surface area contributed by atoms with Crippen molar-refractivity contribution in [3.8, 4) is 0 Å². The van der Waals surface area contributed by atoms with Gasteiger partial charge in [-0.25, -0.2) is 0 Å². The molecule has 1 aliphatic carbocycles. The molecule has 3 nitrogen and oxygen atoms in total. The van der Waals surface area contributed by atoms with Crippen LogP contribution < -0.4 is 5.32 Å². The molecule has 18 heavy (non-hydrogen) atoms. The van der Waals surface area contributed by atoms with Gasteiger partial charge < -0.3 is 15.0 Å². The lowest BCUT2D eigenvalue weighted by Gasteiger charge is -2.27. The molecule has 0 aromatic rings. The highest BCUT2D eigenvalue weighted by molar-refractivity contribution is 4.73. The fraction of sp³-hybridized carbons (Fsp3) is 1.00. The van der Waals surface area contributed by atoms with Crippen molar-refractivity contribution in [1.29, 1.82) is 0 Å². The van der Waals surface area contributed by atoms with Crippen molar-refractivity contribution in [2.45, 2.75) is 51.0 Å². The van der Waals surface area contributed by atoms with Crippen molar-refractivity contribution >= 4 is 0 Å². The number of nitrogens with one attached hydrogen (secondary N) is 1. The second-order valence-corrected chi connectivity index (χ2v) is 6.06. The quantitative estimate of drug-likeness (QED) is 0.581. The van der Waals surface area contributed by atoms with Gasteiger partial charge in [0.25, 0.3) is 0 Å². The molecule has 2 rings (SSSR count). The summed E-state index contributed by atoms with van der Waals surface area (Å²) in [4.78, 5) is 2.57. The summed E-state index contributed by atoms with van der Waals surface area (Å²) in [6, 6.07) is 0.837. The summed E-state index contributed by atoms with van der Waals surface area (Å²) >= 11 is 0. The van der Waals surface area contributed by atoms with Gasteiger partial charge >= 0.3 is 0 Å². The Bertz CT molecular complexity index is 209. The molecule has 2 aliphatic rings. The maximum Gasteiger partial charge on any atom is 0.0507 e. The Hall–Kier alpha value is -0.120. The monoisotopic (exact) mass is 254 g/mol. The molecular formula is C15H30N2O. The van der Waals surface area contributed by atoms with Gasteiger partial charge in [-0.15, -0.1) is 0 Å². The minimum Gasteiger partial charge on any atom is -0.381 e. The summed E-state index contributed by atoms with van der Waals surface area (Å²) in [5.41, 5.74) is 0. The Kier molecular flexibility index (Phi) is 6.46. The standard InChI is InChI=1S/C15H30N2O/c1-17(15-6-4-2-3-5-7-15)10-9-16-12-14-8-11-18-13-14/h14-16H,2-13H2,1H3. The number of hydrogen-bond donors (Lipinski definition) is 1. The molecule has 1 heterocycles. The van der Waals surface area contributed by atoms with Crippen molar-refractivity contribution in [2.75, 3.05) is 39.9 Å². The second kappa shape index (κ2) is 8.13. The van der Waals surface area contributed by atoms with Crippen LogP contribution in [0.25, 0.3) is 0 Å². The van der Waals surface area contributed by atoms with Crippen LogP contribution in [0.5, 0.6) is 0 Å². The van der Waals surface area contributed by atoms with Crippen LogP contribution >= 0.6 is 0 Å². The number of rotatable bonds is 6. The molecule has 1 aliphatic heterocycles. The summed E-state index contributed by atoms with van der Waals surface area (Å²) < 4.78 is 5.39. The van der Waals surface area contributed by atoms with E-state index in [2.05, 4.69) is 17.3 Å². The van der Waals surface area contributed by atoms with E-state index in [1.54, 1.807) is 0 Å². The maximum absolute atomic E-state index is 5.39. The Morgan fingerprint density at radius 1 is 1.11 bits per heavy atom. The molecule has 1 N–H and O–H groups in total. The summed E-state index contributed by atoms with van der Waals surface area (Å²) in [5, 5.41) is 3.59. The third-order valence-corrected chi connectivity index (χ3v) is 4.55. The largest absolute Gasteiger partial charge is 0.381 e. The normalized spacial score (nSPS) is 26.7. The van der Waals surface area contributed by atoms with Gasteiger partial charge in [-0.1, -0.05) is 25.7 Å². The molecule has 106 valence electrons. The lowest BCUT2D eigenvalue weighted by molar-refractivity contribution is 0.184. The second-order valence-electron chi connectivity index (χ2n) is 6.06. The van der Waals surface area contributed by atoms with Gasteiger partial charge in [0, 0.05) is 32.3 Å².